The van der Waals surface area contributed by atoms with Crippen molar-refractivity contribution in [1.29, 1.82) is 0 Å². The van der Waals surface area contributed by atoms with Crippen molar-refractivity contribution in [1.82, 2.24) is 0 Å². The first-order valence-corrected chi connectivity index (χ1v) is 6.35. The SMILES string of the molecule is CC(=O)OCCSCCCCCC(F)(F)F. The Labute approximate surface area is 97.9 Å². The van der Waals surface area contributed by atoms with E-state index in [1.165, 1.54) is 6.92 Å². The minimum atomic E-state index is -4.03. The van der Waals surface area contributed by atoms with E-state index in [2.05, 4.69) is 0 Å². The maximum atomic E-state index is 11.8. The molecule has 2 nitrogen and oxygen atoms in total. The zero-order chi connectivity index (χ0) is 12.4. The molecule has 0 bridgehead atoms. The summed E-state index contributed by atoms with van der Waals surface area (Å²) in [5.41, 5.74) is 0. The number of hydrogen-bond acceptors (Lipinski definition) is 3. The second kappa shape index (κ2) is 8.73. The molecule has 0 aliphatic rings. The Balaban J connectivity index is 3.07. The molecule has 0 rings (SSSR count). The largest absolute Gasteiger partial charge is 0.465 e. The molecule has 0 aromatic carbocycles. The number of esters is 1. The minimum Gasteiger partial charge on any atom is -0.465 e. The van der Waals surface area contributed by atoms with Crippen molar-refractivity contribution in [3.05, 3.63) is 0 Å². The number of ether oxygens (including phenoxy) is 1. The van der Waals surface area contributed by atoms with Gasteiger partial charge in [0.2, 0.25) is 0 Å². The highest BCUT2D eigenvalue weighted by atomic mass is 32.2. The molecule has 0 aromatic heterocycles. The second-order valence-electron chi connectivity index (χ2n) is 3.38. The number of carbonyl (C=O) groups excluding carboxylic acids is 1. The third-order valence-corrected chi connectivity index (χ3v) is 2.81. The lowest BCUT2D eigenvalue weighted by Crippen LogP contribution is -2.06. The van der Waals surface area contributed by atoms with Crippen molar-refractivity contribution in [2.75, 3.05) is 18.1 Å². The molecule has 0 N–H and O–H groups in total. The van der Waals surface area contributed by atoms with Gasteiger partial charge in [0.05, 0.1) is 0 Å². The summed E-state index contributed by atoms with van der Waals surface area (Å²) in [5.74, 6) is 1.23. The number of unbranched alkanes of at least 4 members (excludes halogenated alkanes) is 2. The summed E-state index contributed by atoms with van der Waals surface area (Å²) in [7, 11) is 0. The molecule has 0 aliphatic heterocycles. The van der Waals surface area contributed by atoms with Gasteiger partial charge in [-0.2, -0.15) is 24.9 Å². The molecule has 96 valence electrons. The van der Waals surface area contributed by atoms with Gasteiger partial charge in [0.1, 0.15) is 6.61 Å². The van der Waals surface area contributed by atoms with Crippen molar-refractivity contribution >= 4 is 17.7 Å². The van der Waals surface area contributed by atoms with Crippen molar-refractivity contribution in [3.63, 3.8) is 0 Å². The highest BCUT2D eigenvalue weighted by Gasteiger charge is 2.25. The average molecular weight is 258 g/mol. The number of thioether (sulfide) groups is 1. The summed E-state index contributed by atoms with van der Waals surface area (Å²) >= 11 is 1.59. The monoisotopic (exact) mass is 258 g/mol. The van der Waals surface area contributed by atoms with Gasteiger partial charge in [-0.1, -0.05) is 6.42 Å². The molecule has 0 saturated heterocycles. The van der Waals surface area contributed by atoms with Crippen molar-refractivity contribution in [2.24, 2.45) is 0 Å². The van der Waals surface area contributed by atoms with Crippen LogP contribution in [0.2, 0.25) is 0 Å². The summed E-state index contributed by atoms with van der Waals surface area (Å²) in [5, 5.41) is 0. The van der Waals surface area contributed by atoms with Crippen LogP contribution in [0.15, 0.2) is 0 Å². The van der Waals surface area contributed by atoms with Crippen LogP contribution in [0.4, 0.5) is 13.2 Å². The molecule has 0 unspecified atom stereocenters. The zero-order valence-electron chi connectivity index (χ0n) is 9.31. The average Bonchev–Trinajstić information content (AvgIpc) is 2.13. The maximum absolute atomic E-state index is 11.8. The first-order chi connectivity index (χ1) is 7.42. The summed E-state index contributed by atoms with van der Waals surface area (Å²) in [6.45, 7) is 1.73. The molecule has 0 atom stereocenters. The predicted octanol–water partition coefficient (Wildman–Crippen LogP) is 3.41. The summed E-state index contributed by atoms with van der Waals surface area (Å²) < 4.78 is 40.0. The molecule has 6 heteroatoms. The Hall–Kier alpha value is -0.390. The van der Waals surface area contributed by atoms with Gasteiger partial charge in [0, 0.05) is 19.1 Å². The van der Waals surface area contributed by atoms with Crippen LogP contribution < -0.4 is 0 Å². The van der Waals surface area contributed by atoms with Gasteiger partial charge >= 0.3 is 12.1 Å². The van der Waals surface area contributed by atoms with E-state index in [9.17, 15) is 18.0 Å². The number of hydrogen-bond donors (Lipinski definition) is 0. The van der Waals surface area contributed by atoms with Crippen LogP contribution in [0.1, 0.15) is 32.6 Å². The van der Waals surface area contributed by atoms with Crippen molar-refractivity contribution in [2.45, 2.75) is 38.8 Å². The van der Waals surface area contributed by atoms with Crippen LogP contribution in [-0.2, 0) is 9.53 Å². The maximum Gasteiger partial charge on any atom is 0.389 e. The molecule has 0 radical (unpaired) electrons. The quantitative estimate of drug-likeness (QED) is 0.493. The van der Waals surface area contributed by atoms with Crippen LogP contribution in [0, 0.1) is 0 Å². The van der Waals surface area contributed by atoms with Gasteiger partial charge in [0.25, 0.3) is 0 Å². The lowest BCUT2D eigenvalue weighted by molar-refractivity contribution is -0.140. The molecule has 0 spiro atoms. The highest BCUT2D eigenvalue weighted by molar-refractivity contribution is 7.99. The fraction of sp³-hybridized carbons (Fsp3) is 0.900. The Morgan fingerprint density at radius 3 is 2.44 bits per heavy atom. The molecule has 0 heterocycles. The van der Waals surface area contributed by atoms with Crippen LogP contribution in [0.5, 0.6) is 0 Å². The van der Waals surface area contributed by atoms with E-state index in [1.54, 1.807) is 11.8 Å². The van der Waals surface area contributed by atoms with Gasteiger partial charge in [-0.15, -0.1) is 0 Å². The van der Waals surface area contributed by atoms with Crippen molar-refractivity contribution in [3.8, 4) is 0 Å². The highest BCUT2D eigenvalue weighted by Crippen LogP contribution is 2.22. The van der Waals surface area contributed by atoms with E-state index in [4.69, 9.17) is 4.74 Å². The number of alkyl halides is 3. The second-order valence-corrected chi connectivity index (χ2v) is 4.60. The molecule has 0 fully saturated rings. The van der Waals surface area contributed by atoms with Crippen LogP contribution in [0.25, 0.3) is 0 Å². The summed E-state index contributed by atoms with van der Waals surface area (Å²) in [6, 6.07) is 0. The molecular formula is C10H17F3O2S. The van der Waals surface area contributed by atoms with Gasteiger partial charge < -0.3 is 4.74 Å². The van der Waals surface area contributed by atoms with Crippen LogP contribution in [0.3, 0.4) is 0 Å². The topological polar surface area (TPSA) is 26.3 Å². The van der Waals surface area contributed by atoms with Gasteiger partial charge in [-0.3, -0.25) is 4.79 Å². The van der Waals surface area contributed by atoms with E-state index < -0.39 is 12.6 Å². The van der Waals surface area contributed by atoms with E-state index in [0.29, 0.717) is 18.8 Å². The van der Waals surface area contributed by atoms with Crippen LogP contribution >= 0.6 is 11.8 Å². The summed E-state index contributed by atoms with van der Waals surface area (Å²) in [4.78, 5) is 10.4. The number of rotatable bonds is 8. The Kier molecular flexibility index (Phi) is 8.51. The van der Waals surface area contributed by atoms with E-state index in [0.717, 1.165) is 12.2 Å². The third-order valence-electron chi connectivity index (χ3n) is 1.78. The molecule has 16 heavy (non-hydrogen) atoms. The van der Waals surface area contributed by atoms with Crippen molar-refractivity contribution < 1.29 is 22.7 Å². The van der Waals surface area contributed by atoms with Crippen LogP contribution in [-0.4, -0.2) is 30.3 Å². The smallest absolute Gasteiger partial charge is 0.389 e. The van der Waals surface area contributed by atoms with Gasteiger partial charge in [-0.25, -0.2) is 0 Å². The molecule has 0 aromatic rings. The van der Waals surface area contributed by atoms with E-state index in [1.807, 2.05) is 0 Å². The fourth-order valence-corrected chi connectivity index (χ4v) is 1.87. The first-order valence-electron chi connectivity index (χ1n) is 5.19. The predicted molar refractivity (Wildman–Crippen MR) is 58.5 cm³/mol. The molecule has 0 aliphatic carbocycles. The van der Waals surface area contributed by atoms with Gasteiger partial charge in [-0.05, 0) is 18.6 Å². The number of carbonyl (C=O) groups is 1. The summed E-state index contributed by atoms with van der Waals surface area (Å²) in [6.07, 6.45) is -3.14. The minimum absolute atomic E-state index is 0.202. The van der Waals surface area contributed by atoms with Gasteiger partial charge in [0.15, 0.2) is 0 Å². The fourth-order valence-electron chi connectivity index (χ4n) is 1.05. The lowest BCUT2D eigenvalue weighted by Gasteiger charge is -2.05. The molecule has 0 amide bonds. The van der Waals surface area contributed by atoms with E-state index in [-0.39, 0.29) is 12.4 Å². The lowest BCUT2D eigenvalue weighted by atomic mass is 10.2. The Bertz CT molecular complexity index is 195. The zero-order valence-corrected chi connectivity index (χ0v) is 10.1. The Morgan fingerprint density at radius 2 is 1.88 bits per heavy atom. The third kappa shape index (κ3) is 13.6. The Morgan fingerprint density at radius 1 is 1.19 bits per heavy atom. The first kappa shape index (κ1) is 15.6. The van der Waals surface area contributed by atoms with E-state index >= 15 is 0 Å². The number of halogens is 3. The molecular weight excluding hydrogens is 241 g/mol. The normalized spacial score (nSPS) is 11.5. The molecule has 0 saturated carbocycles. The standard InChI is InChI=1S/C10H17F3O2S/c1-9(14)15-6-8-16-7-4-2-3-5-10(11,12)13/h2-8H2,1H3.